The number of hydrogen-bond acceptors (Lipinski definition) is 4. The third-order valence-electron chi connectivity index (χ3n) is 2.70. The summed E-state index contributed by atoms with van der Waals surface area (Å²) < 4.78 is 10.8. The van der Waals surface area contributed by atoms with Crippen LogP contribution in [-0.4, -0.2) is 24.2 Å². The van der Waals surface area contributed by atoms with Gasteiger partial charge in [-0.1, -0.05) is 0 Å². The lowest BCUT2D eigenvalue weighted by molar-refractivity contribution is 0.0115. The van der Waals surface area contributed by atoms with Gasteiger partial charge in [-0.05, 0) is 32.2 Å². The van der Waals surface area contributed by atoms with Crippen molar-refractivity contribution in [3.63, 3.8) is 0 Å². The van der Waals surface area contributed by atoms with E-state index in [9.17, 15) is 0 Å². The van der Waals surface area contributed by atoms with E-state index < -0.39 is 0 Å². The van der Waals surface area contributed by atoms with E-state index in [4.69, 9.17) is 9.15 Å². The topological polar surface area (TPSA) is 47.3 Å². The van der Waals surface area contributed by atoms with E-state index in [0.717, 1.165) is 31.9 Å². The molecule has 0 amide bonds. The zero-order chi connectivity index (χ0) is 10.3. The van der Waals surface area contributed by atoms with Crippen LogP contribution in [-0.2, 0) is 11.3 Å². The molecule has 0 aromatic carbocycles. The van der Waals surface area contributed by atoms with Crippen molar-refractivity contribution in [2.75, 3.05) is 13.2 Å². The number of hydrogen-bond donors (Lipinski definition) is 1. The van der Waals surface area contributed by atoms with Crippen LogP contribution in [0.5, 0.6) is 0 Å². The Labute approximate surface area is 90.0 Å². The van der Waals surface area contributed by atoms with Crippen molar-refractivity contribution in [3.05, 3.63) is 18.4 Å². The van der Waals surface area contributed by atoms with Gasteiger partial charge in [-0.2, -0.15) is 0 Å². The number of nitrogens with one attached hydrogen (secondary N) is 1. The summed E-state index contributed by atoms with van der Waals surface area (Å²) >= 11 is 0. The van der Waals surface area contributed by atoms with E-state index in [1.165, 1.54) is 25.7 Å². The van der Waals surface area contributed by atoms with Gasteiger partial charge in [-0.15, -0.1) is 0 Å². The van der Waals surface area contributed by atoms with Crippen molar-refractivity contribution in [2.45, 2.75) is 38.3 Å². The summed E-state index contributed by atoms with van der Waals surface area (Å²) in [7, 11) is 0. The first-order valence-corrected chi connectivity index (χ1v) is 5.65. The molecule has 2 rings (SSSR count). The van der Waals surface area contributed by atoms with Crippen molar-refractivity contribution in [1.82, 2.24) is 10.3 Å². The molecule has 1 unspecified atom stereocenters. The fourth-order valence-electron chi connectivity index (χ4n) is 1.84. The van der Waals surface area contributed by atoms with E-state index in [1.54, 1.807) is 6.20 Å². The molecule has 1 aromatic rings. The van der Waals surface area contributed by atoms with Crippen LogP contribution >= 0.6 is 0 Å². The Hall–Kier alpha value is -0.870. The van der Waals surface area contributed by atoms with Crippen molar-refractivity contribution >= 4 is 0 Å². The first-order valence-electron chi connectivity index (χ1n) is 5.65. The molecule has 0 aliphatic carbocycles. The molecule has 2 heterocycles. The molecule has 1 aliphatic heterocycles. The largest absolute Gasteiger partial charge is 0.447 e. The Morgan fingerprint density at radius 1 is 1.47 bits per heavy atom. The van der Waals surface area contributed by atoms with Crippen LogP contribution in [0.4, 0.5) is 0 Å². The van der Waals surface area contributed by atoms with Gasteiger partial charge in [0.1, 0.15) is 5.76 Å². The first kappa shape index (κ1) is 10.6. The van der Waals surface area contributed by atoms with Crippen molar-refractivity contribution in [2.24, 2.45) is 0 Å². The van der Waals surface area contributed by atoms with Crippen LogP contribution in [0, 0.1) is 0 Å². The quantitative estimate of drug-likeness (QED) is 0.752. The highest BCUT2D eigenvalue weighted by Gasteiger charge is 2.12. The average Bonchev–Trinajstić information content (AvgIpc) is 2.79. The van der Waals surface area contributed by atoms with Crippen molar-refractivity contribution in [3.8, 4) is 0 Å². The van der Waals surface area contributed by atoms with Crippen molar-refractivity contribution < 1.29 is 9.15 Å². The summed E-state index contributed by atoms with van der Waals surface area (Å²) in [4.78, 5) is 3.86. The lowest BCUT2D eigenvalue weighted by atomic mass is 10.1. The lowest BCUT2D eigenvalue weighted by Gasteiger charge is -2.22. The molecule has 4 heteroatoms. The standard InChI is InChI=1S/C11H18N2O2/c1-2-6-14-10(3-1)4-5-12-7-11-8-13-9-15-11/h8-10,12H,1-7H2. The Morgan fingerprint density at radius 3 is 3.20 bits per heavy atom. The molecule has 84 valence electrons. The van der Waals surface area contributed by atoms with Gasteiger partial charge >= 0.3 is 0 Å². The van der Waals surface area contributed by atoms with E-state index in [2.05, 4.69) is 10.3 Å². The number of ether oxygens (including phenoxy) is 1. The minimum atomic E-state index is 0.459. The molecular formula is C11H18N2O2. The molecule has 0 bridgehead atoms. The zero-order valence-corrected chi connectivity index (χ0v) is 8.95. The van der Waals surface area contributed by atoms with Crippen LogP contribution in [0.15, 0.2) is 17.0 Å². The fourth-order valence-corrected chi connectivity index (χ4v) is 1.84. The summed E-state index contributed by atoms with van der Waals surface area (Å²) in [6.07, 6.45) is 8.50. The van der Waals surface area contributed by atoms with Gasteiger partial charge in [0, 0.05) is 6.61 Å². The minimum Gasteiger partial charge on any atom is -0.447 e. The summed E-state index contributed by atoms with van der Waals surface area (Å²) in [5.74, 6) is 0.888. The maximum absolute atomic E-state index is 5.64. The molecule has 15 heavy (non-hydrogen) atoms. The van der Waals surface area contributed by atoms with Gasteiger partial charge in [-0.3, -0.25) is 0 Å². The average molecular weight is 210 g/mol. The van der Waals surface area contributed by atoms with E-state index in [1.807, 2.05) is 0 Å². The fraction of sp³-hybridized carbons (Fsp3) is 0.727. The first-order chi connectivity index (χ1) is 7.45. The normalized spacial score (nSPS) is 21.7. The van der Waals surface area contributed by atoms with Gasteiger partial charge in [0.05, 0.1) is 18.8 Å². The van der Waals surface area contributed by atoms with Crippen LogP contribution < -0.4 is 5.32 Å². The van der Waals surface area contributed by atoms with Gasteiger partial charge in [0.25, 0.3) is 0 Å². The summed E-state index contributed by atoms with van der Waals surface area (Å²) in [6.45, 7) is 2.67. The molecule has 1 saturated heterocycles. The Morgan fingerprint density at radius 2 is 2.47 bits per heavy atom. The Kier molecular flexibility index (Phi) is 4.17. The van der Waals surface area contributed by atoms with Gasteiger partial charge in [-0.25, -0.2) is 4.98 Å². The number of oxazole rings is 1. The summed E-state index contributed by atoms with van der Waals surface area (Å²) in [5.41, 5.74) is 0. The minimum absolute atomic E-state index is 0.459. The number of aromatic nitrogens is 1. The van der Waals surface area contributed by atoms with Crippen LogP contribution in [0.3, 0.4) is 0 Å². The van der Waals surface area contributed by atoms with E-state index in [-0.39, 0.29) is 0 Å². The lowest BCUT2D eigenvalue weighted by Crippen LogP contribution is -2.25. The maximum Gasteiger partial charge on any atom is 0.180 e. The zero-order valence-electron chi connectivity index (χ0n) is 8.95. The second kappa shape index (κ2) is 5.88. The molecule has 0 radical (unpaired) electrons. The molecule has 1 N–H and O–H groups in total. The highest BCUT2D eigenvalue weighted by Crippen LogP contribution is 2.14. The number of nitrogens with zero attached hydrogens (tertiary/aromatic N) is 1. The SMILES string of the molecule is c1ncc(CNCCC2CCCCO2)o1. The highest BCUT2D eigenvalue weighted by molar-refractivity contribution is 4.86. The van der Waals surface area contributed by atoms with Gasteiger partial charge in [0.2, 0.25) is 0 Å². The second-order valence-electron chi connectivity index (χ2n) is 3.92. The molecule has 0 saturated carbocycles. The molecule has 1 aromatic heterocycles. The second-order valence-corrected chi connectivity index (χ2v) is 3.92. The van der Waals surface area contributed by atoms with Crippen LogP contribution in [0.2, 0.25) is 0 Å². The molecule has 1 atom stereocenters. The van der Waals surface area contributed by atoms with Gasteiger partial charge < -0.3 is 14.5 Å². The number of rotatable bonds is 5. The molecular weight excluding hydrogens is 192 g/mol. The molecule has 0 spiro atoms. The highest BCUT2D eigenvalue weighted by atomic mass is 16.5. The van der Waals surface area contributed by atoms with Crippen molar-refractivity contribution in [1.29, 1.82) is 0 Å². The summed E-state index contributed by atoms with van der Waals surface area (Å²) in [5, 5.41) is 3.32. The third-order valence-corrected chi connectivity index (χ3v) is 2.70. The smallest absolute Gasteiger partial charge is 0.180 e. The molecule has 1 aliphatic rings. The molecule has 1 fully saturated rings. The van der Waals surface area contributed by atoms with Crippen LogP contribution in [0.1, 0.15) is 31.4 Å². The molecule has 4 nitrogen and oxygen atoms in total. The monoisotopic (exact) mass is 210 g/mol. The maximum atomic E-state index is 5.64. The predicted molar refractivity (Wildman–Crippen MR) is 56.4 cm³/mol. The third kappa shape index (κ3) is 3.64. The van der Waals surface area contributed by atoms with E-state index in [0.29, 0.717) is 6.10 Å². The Bertz CT molecular complexity index is 256. The van der Waals surface area contributed by atoms with Crippen LogP contribution in [0.25, 0.3) is 0 Å². The summed E-state index contributed by atoms with van der Waals surface area (Å²) in [6, 6.07) is 0. The van der Waals surface area contributed by atoms with Gasteiger partial charge in [0.15, 0.2) is 6.39 Å². The Balaban J connectivity index is 1.54. The predicted octanol–water partition coefficient (Wildman–Crippen LogP) is 1.72. The van der Waals surface area contributed by atoms with E-state index >= 15 is 0 Å².